The summed E-state index contributed by atoms with van der Waals surface area (Å²) < 4.78 is 10.4. The number of nitrogens with two attached hydrogens (primary N) is 1. The predicted molar refractivity (Wildman–Crippen MR) is 152 cm³/mol. The second kappa shape index (κ2) is 14.5. The fourth-order valence-electron chi connectivity index (χ4n) is 3.93. The molecule has 1 aliphatic rings. The average molecular weight is 609 g/mol. The number of hydrogen-bond donors (Lipinski definition) is 5. The zero-order chi connectivity index (χ0) is 31.6. The van der Waals surface area contributed by atoms with Crippen molar-refractivity contribution in [3.8, 4) is 0 Å². The molecule has 4 rings (SSSR count). The first-order valence-electron chi connectivity index (χ1n) is 13.3. The molecule has 3 aromatic rings. The Morgan fingerprint density at radius 2 is 1.77 bits per heavy atom. The van der Waals surface area contributed by atoms with E-state index in [4.69, 9.17) is 15.2 Å². The van der Waals surface area contributed by atoms with Gasteiger partial charge >= 0.3 is 11.9 Å². The van der Waals surface area contributed by atoms with Gasteiger partial charge in [-0.2, -0.15) is 4.98 Å². The fraction of sp³-hybridized carbons (Fsp3) is 0.296. The van der Waals surface area contributed by atoms with E-state index in [0.29, 0.717) is 11.4 Å². The van der Waals surface area contributed by atoms with Crippen molar-refractivity contribution in [2.75, 3.05) is 37.4 Å². The summed E-state index contributed by atoms with van der Waals surface area (Å²) in [6.45, 7) is 0.611. The number of benzene rings is 1. The number of nitrogens with one attached hydrogen (secondary N) is 3. The molecule has 0 radical (unpaired) electrons. The third-order valence-corrected chi connectivity index (χ3v) is 6.17. The minimum absolute atomic E-state index is 0.0387. The van der Waals surface area contributed by atoms with Gasteiger partial charge < -0.3 is 30.9 Å². The molecule has 0 spiro atoms. The zero-order valence-corrected chi connectivity index (χ0v) is 23.1. The number of ether oxygens (including phenoxy) is 2. The molecule has 0 saturated carbocycles. The maximum atomic E-state index is 12.5. The Hall–Kier alpha value is -5.71. The van der Waals surface area contributed by atoms with E-state index in [0.717, 1.165) is 4.90 Å². The van der Waals surface area contributed by atoms with E-state index >= 15 is 0 Å². The summed E-state index contributed by atoms with van der Waals surface area (Å²) in [6, 6.07) is 6.02. The number of aromatic nitrogens is 4. The van der Waals surface area contributed by atoms with Gasteiger partial charge in [0.05, 0.1) is 43.8 Å². The number of hydrogen-bond acceptors (Lipinski definition) is 13. The van der Waals surface area contributed by atoms with Crippen molar-refractivity contribution in [2.45, 2.75) is 25.5 Å². The SMILES string of the molecule is Nc1nc2ncc(CNc3ccc(C(=O)O[C@@H](CCC(=O)NCCOCCN4C(=O)C=CC4=O)C(=O)O)cc3)nc2c(=O)[nH]1. The van der Waals surface area contributed by atoms with Crippen LogP contribution in [0.2, 0.25) is 0 Å². The minimum atomic E-state index is -1.55. The number of fused-ring (bicyclic) bond motifs is 1. The number of aliphatic carboxylic acids is 1. The lowest BCUT2D eigenvalue weighted by atomic mass is 10.1. The van der Waals surface area contributed by atoms with Crippen LogP contribution in [-0.2, 0) is 35.2 Å². The Morgan fingerprint density at radius 3 is 2.48 bits per heavy atom. The molecule has 3 amide bonds. The molecule has 0 saturated heterocycles. The van der Waals surface area contributed by atoms with Crippen molar-refractivity contribution in [1.82, 2.24) is 30.2 Å². The van der Waals surface area contributed by atoms with Gasteiger partial charge in [-0.3, -0.25) is 29.1 Å². The molecule has 0 bridgehead atoms. The second-order valence-electron chi connectivity index (χ2n) is 9.31. The lowest BCUT2D eigenvalue weighted by molar-refractivity contribution is -0.147. The number of nitrogens with zero attached hydrogens (tertiary/aromatic N) is 4. The van der Waals surface area contributed by atoms with Gasteiger partial charge in [0.1, 0.15) is 0 Å². The van der Waals surface area contributed by atoms with Crippen LogP contribution in [0.25, 0.3) is 11.2 Å². The van der Waals surface area contributed by atoms with E-state index in [2.05, 4.69) is 30.6 Å². The minimum Gasteiger partial charge on any atom is -0.479 e. The van der Waals surface area contributed by atoms with Gasteiger partial charge in [0, 0.05) is 37.2 Å². The lowest BCUT2D eigenvalue weighted by Gasteiger charge is -2.15. The topological polar surface area (TPSA) is 249 Å². The largest absolute Gasteiger partial charge is 0.479 e. The summed E-state index contributed by atoms with van der Waals surface area (Å²) in [5.41, 5.74) is 6.28. The second-order valence-corrected chi connectivity index (χ2v) is 9.31. The molecule has 1 aliphatic heterocycles. The summed E-state index contributed by atoms with van der Waals surface area (Å²) in [7, 11) is 0. The number of imide groups is 1. The normalized spacial score (nSPS) is 13.2. The van der Waals surface area contributed by atoms with Crippen LogP contribution < -0.4 is 21.9 Å². The van der Waals surface area contributed by atoms with E-state index < -0.39 is 41.3 Å². The number of amides is 3. The van der Waals surface area contributed by atoms with Crippen LogP contribution in [-0.4, -0.2) is 92.0 Å². The third-order valence-electron chi connectivity index (χ3n) is 6.17. The molecule has 44 heavy (non-hydrogen) atoms. The number of carbonyl (C=O) groups is 5. The molecule has 1 atom stereocenters. The van der Waals surface area contributed by atoms with Crippen molar-refractivity contribution >= 4 is 52.5 Å². The highest BCUT2D eigenvalue weighted by atomic mass is 16.6. The van der Waals surface area contributed by atoms with E-state index in [1.165, 1.54) is 30.5 Å². The maximum Gasteiger partial charge on any atom is 0.345 e. The number of nitrogen functional groups attached to an aromatic ring is 1. The van der Waals surface area contributed by atoms with E-state index in [9.17, 15) is 33.9 Å². The van der Waals surface area contributed by atoms with Crippen LogP contribution in [0, 0.1) is 0 Å². The zero-order valence-electron chi connectivity index (χ0n) is 23.1. The van der Waals surface area contributed by atoms with Gasteiger partial charge in [0.25, 0.3) is 17.4 Å². The standard InChI is InChI=1S/C27H28N8O9/c28-27-33-23-22(24(39)34-27)32-17(14-31-23)13-30-16-3-1-15(2-4-16)26(42)44-18(25(40)41)5-6-19(36)29-9-11-43-12-10-35-20(37)7-8-21(35)38/h1-4,7-8,14,18,30H,5-6,9-13H2,(H,29,36)(H,40,41)(H3,28,31,33,34,39)/t18-/m0/s1. The number of carboxylic acids is 1. The fourth-order valence-corrected chi connectivity index (χ4v) is 3.93. The molecular weight excluding hydrogens is 580 g/mol. The van der Waals surface area contributed by atoms with Gasteiger partial charge in [-0.05, 0) is 24.3 Å². The molecule has 230 valence electrons. The first-order chi connectivity index (χ1) is 21.1. The number of anilines is 2. The van der Waals surface area contributed by atoms with Crippen molar-refractivity contribution in [3.05, 3.63) is 64.2 Å². The Kier molecular flexibility index (Phi) is 10.3. The van der Waals surface area contributed by atoms with Crippen LogP contribution in [0.5, 0.6) is 0 Å². The number of H-pyrrole nitrogens is 1. The van der Waals surface area contributed by atoms with Crippen LogP contribution in [0.4, 0.5) is 11.6 Å². The van der Waals surface area contributed by atoms with Crippen molar-refractivity contribution in [3.63, 3.8) is 0 Å². The Bertz CT molecular complexity index is 1640. The molecule has 17 heteroatoms. The first kappa shape index (κ1) is 31.2. The van der Waals surface area contributed by atoms with Crippen LogP contribution in [0.1, 0.15) is 28.9 Å². The van der Waals surface area contributed by atoms with Gasteiger partial charge in [0.2, 0.25) is 11.9 Å². The Balaban J connectivity index is 1.17. The van der Waals surface area contributed by atoms with Crippen LogP contribution >= 0.6 is 0 Å². The van der Waals surface area contributed by atoms with E-state index in [1.54, 1.807) is 12.1 Å². The average Bonchev–Trinajstić information content (AvgIpc) is 3.32. The summed E-state index contributed by atoms with van der Waals surface area (Å²) in [6.07, 6.45) is 1.76. The quantitative estimate of drug-likeness (QED) is 0.0818. The van der Waals surface area contributed by atoms with Gasteiger partial charge in [-0.15, -0.1) is 0 Å². The lowest BCUT2D eigenvalue weighted by Crippen LogP contribution is -2.34. The number of carboxylic acid groups (broad SMARTS) is 1. The molecule has 17 nitrogen and oxygen atoms in total. The van der Waals surface area contributed by atoms with Gasteiger partial charge in [0.15, 0.2) is 17.3 Å². The Morgan fingerprint density at radius 1 is 1.05 bits per heavy atom. The highest BCUT2D eigenvalue weighted by molar-refractivity contribution is 6.12. The third kappa shape index (κ3) is 8.41. The van der Waals surface area contributed by atoms with Crippen molar-refractivity contribution in [2.24, 2.45) is 0 Å². The number of aromatic amines is 1. The summed E-state index contributed by atoms with van der Waals surface area (Å²) in [4.78, 5) is 86.8. The highest BCUT2D eigenvalue weighted by Crippen LogP contribution is 2.14. The molecule has 6 N–H and O–H groups in total. The Labute approximate surface area is 248 Å². The molecule has 2 aromatic heterocycles. The number of rotatable bonds is 15. The van der Waals surface area contributed by atoms with Gasteiger partial charge in [-0.1, -0.05) is 0 Å². The number of esters is 1. The summed E-state index contributed by atoms with van der Waals surface area (Å²) in [5, 5.41) is 15.1. The molecule has 1 aromatic carbocycles. The molecular formula is C27H28N8O9. The van der Waals surface area contributed by atoms with E-state index in [-0.39, 0.29) is 68.4 Å². The maximum absolute atomic E-state index is 12.5. The summed E-state index contributed by atoms with van der Waals surface area (Å²) in [5.74, 6) is -3.64. The molecule has 0 fully saturated rings. The van der Waals surface area contributed by atoms with Crippen molar-refractivity contribution < 1.29 is 38.6 Å². The number of carbonyl (C=O) groups excluding carboxylic acids is 4. The van der Waals surface area contributed by atoms with Crippen LogP contribution in [0.3, 0.4) is 0 Å². The van der Waals surface area contributed by atoms with E-state index in [1.807, 2.05) is 0 Å². The smallest absolute Gasteiger partial charge is 0.345 e. The molecule has 0 aliphatic carbocycles. The summed E-state index contributed by atoms with van der Waals surface area (Å²) >= 11 is 0. The molecule has 3 heterocycles. The van der Waals surface area contributed by atoms with Gasteiger partial charge in [-0.25, -0.2) is 19.6 Å². The monoisotopic (exact) mass is 608 g/mol. The molecule has 0 unspecified atom stereocenters. The van der Waals surface area contributed by atoms with Crippen molar-refractivity contribution in [1.29, 1.82) is 0 Å². The van der Waals surface area contributed by atoms with Crippen LogP contribution in [0.15, 0.2) is 47.4 Å². The highest BCUT2D eigenvalue weighted by Gasteiger charge is 2.24. The predicted octanol–water partition coefficient (Wildman–Crippen LogP) is -0.645. The first-order valence-corrected chi connectivity index (χ1v) is 13.3.